The molecule has 0 saturated heterocycles. The van der Waals surface area contributed by atoms with Gasteiger partial charge in [0.05, 0.1) is 13.2 Å². The van der Waals surface area contributed by atoms with E-state index in [1.54, 1.807) is 0 Å². The van der Waals surface area contributed by atoms with Crippen LogP contribution >= 0.6 is 0 Å². The Bertz CT molecular complexity index is 639. The van der Waals surface area contributed by atoms with Crippen molar-refractivity contribution in [3.63, 3.8) is 0 Å². The van der Waals surface area contributed by atoms with Gasteiger partial charge in [0.15, 0.2) is 0 Å². The van der Waals surface area contributed by atoms with E-state index >= 15 is 0 Å². The van der Waals surface area contributed by atoms with E-state index in [1.165, 1.54) is 57.8 Å². The lowest BCUT2D eigenvalue weighted by molar-refractivity contribution is -0.113. The average molecular weight is 417 g/mol. The fourth-order valence-corrected chi connectivity index (χ4v) is 9.20. The molecule has 3 fully saturated rings. The number of hydrogen-bond donors (Lipinski definition) is 1. The summed E-state index contributed by atoms with van der Waals surface area (Å²) in [7, 11) is 1.83. The molecule has 0 unspecified atom stereocenters. The molecular weight excluding hydrogens is 368 g/mol. The molecular formula is C28H48O2. The summed E-state index contributed by atoms with van der Waals surface area (Å²) in [5.41, 5.74) is 0.686. The predicted molar refractivity (Wildman–Crippen MR) is 125 cm³/mol. The standard InChI is InChI=1S/C28H48O2/c1-18(2)8-7-9-19(3)23-12-13-24-22-11-10-20-16-21(29)17-26(30-6)28(20,5)25(22)14-15-27(23,24)4/h17-25,29H,7-16H2,1-6H3/t19-,20-,21+,22-,23-,24+,25+,27-,28+/m1/s1. The fraction of sp³-hybridized carbons (Fsp3) is 0.929. The Hall–Kier alpha value is -0.500. The molecule has 0 spiro atoms. The third-order valence-corrected chi connectivity index (χ3v) is 10.7. The van der Waals surface area contributed by atoms with E-state index in [1.807, 2.05) is 13.2 Å². The summed E-state index contributed by atoms with van der Waals surface area (Å²) in [6.07, 6.45) is 15.2. The maximum absolute atomic E-state index is 10.4. The van der Waals surface area contributed by atoms with E-state index in [-0.39, 0.29) is 11.5 Å². The molecule has 9 atom stereocenters. The Morgan fingerprint density at radius 3 is 2.50 bits per heavy atom. The largest absolute Gasteiger partial charge is 0.501 e. The molecule has 0 radical (unpaired) electrons. The number of methoxy groups -OCH3 is 1. The SMILES string of the molecule is COC1=C[C@@H](O)C[C@H]2CC[C@@H]3[C@@H]4CC[C@H]([C@H](C)CCCC(C)C)[C@@]4(C)CC[C@@H]3[C@@]12C. The van der Waals surface area contributed by atoms with Crippen molar-refractivity contribution in [3.8, 4) is 0 Å². The second kappa shape index (κ2) is 8.45. The van der Waals surface area contributed by atoms with Crippen LogP contribution < -0.4 is 0 Å². The van der Waals surface area contributed by atoms with Crippen LogP contribution in [0.1, 0.15) is 98.8 Å². The topological polar surface area (TPSA) is 29.5 Å². The minimum Gasteiger partial charge on any atom is -0.501 e. The molecule has 0 aromatic heterocycles. The van der Waals surface area contributed by atoms with E-state index in [4.69, 9.17) is 4.74 Å². The highest BCUT2D eigenvalue weighted by molar-refractivity contribution is 5.22. The first kappa shape index (κ1) is 22.7. The Morgan fingerprint density at radius 2 is 1.80 bits per heavy atom. The lowest BCUT2D eigenvalue weighted by atomic mass is 9.45. The predicted octanol–water partition coefficient (Wildman–Crippen LogP) is 7.22. The Morgan fingerprint density at radius 1 is 1.03 bits per heavy atom. The van der Waals surface area contributed by atoms with Crippen LogP contribution in [0.4, 0.5) is 0 Å². The maximum atomic E-state index is 10.4. The summed E-state index contributed by atoms with van der Waals surface area (Å²) in [6, 6.07) is 0. The number of ether oxygens (including phenoxy) is 1. The van der Waals surface area contributed by atoms with Crippen molar-refractivity contribution in [1.82, 2.24) is 0 Å². The lowest BCUT2D eigenvalue weighted by Crippen LogP contribution is -2.54. The summed E-state index contributed by atoms with van der Waals surface area (Å²) in [5, 5.41) is 10.4. The summed E-state index contributed by atoms with van der Waals surface area (Å²) < 4.78 is 5.94. The molecule has 2 heteroatoms. The molecule has 4 rings (SSSR count). The number of aliphatic hydroxyl groups is 1. The van der Waals surface area contributed by atoms with Gasteiger partial charge in [-0.15, -0.1) is 0 Å². The second-order valence-electron chi connectivity index (χ2n) is 12.5. The van der Waals surface area contributed by atoms with E-state index in [9.17, 15) is 5.11 Å². The van der Waals surface area contributed by atoms with Gasteiger partial charge in [0, 0.05) is 5.41 Å². The maximum Gasteiger partial charge on any atom is 0.101 e. The highest BCUT2D eigenvalue weighted by Gasteiger charge is 2.61. The monoisotopic (exact) mass is 416 g/mol. The zero-order valence-corrected chi connectivity index (χ0v) is 20.6. The Kier molecular flexibility index (Phi) is 6.39. The molecule has 2 nitrogen and oxygen atoms in total. The number of allylic oxidation sites excluding steroid dienone is 1. The number of aliphatic hydroxyl groups excluding tert-OH is 1. The van der Waals surface area contributed by atoms with Gasteiger partial charge in [-0.05, 0) is 97.9 Å². The first-order valence-corrected chi connectivity index (χ1v) is 13.2. The van der Waals surface area contributed by atoms with Gasteiger partial charge in [-0.1, -0.05) is 53.9 Å². The van der Waals surface area contributed by atoms with E-state index < -0.39 is 0 Å². The molecule has 0 heterocycles. The van der Waals surface area contributed by atoms with Gasteiger partial charge in [-0.25, -0.2) is 0 Å². The van der Waals surface area contributed by atoms with Crippen LogP contribution in [0.25, 0.3) is 0 Å². The van der Waals surface area contributed by atoms with Crippen LogP contribution in [0.2, 0.25) is 0 Å². The van der Waals surface area contributed by atoms with Crippen molar-refractivity contribution < 1.29 is 9.84 Å². The highest BCUT2D eigenvalue weighted by atomic mass is 16.5. The zero-order chi connectivity index (χ0) is 21.7. The van der Waals surface area contributed by atoms with Crippen LogP contribution in [0.5, 0.6) is 0 Å². The van der Waals surface area contributed by atoms with E-state index in [2.05, 4.69) is 34.6 Å². The molecule has 3 saturated carbocycles. The molecule has 1 N–H and O–H groups in total. The number of hydrogen-bond acceptors (Lipinski definition) is 2. The van der Waals surface area contributed by atoms with Crippen LogP contribution in [0.3, 0.4) is 0 Å². The average Bonchev–Trinajstić information content (AvgIpc) is 3.05. The lowest BCUT2D eigenvalue weighted by Gasteiger charge is -2.60. The van der Waals surface area contributed by atoms with Gasteiger partial charge >= 0.3 is 0 Å². The molecule has 172 valence electrons. The molecule has 0 aromatic carbocycles. The van der Waals surface area contributed by atoms with Gasteiger partial charge in [0.25, 0.3) is 0 Å². The first-order chi connectivity index (χ1) is 14.2. The third-order valence-electron chi connectivity index (χ3n) is 10.7. The van der Waals surface area contributed by atoms with Crippen LogP contribution in [-0.2, 0) is 4.74 Å². The Labute approximate surface area is 186 Å². The van der Waals surface area contributed by atoms with Gasteiger partial charge in [0.1, 0.15) is 5.76 Å². The van der Waals surface area contributed by atoms with Crippen molar-refractivity contribution in [2.75, 3.05) is 7.11 Å². The second-order valence-corrected chi connectivity index (χ2v) is 12.5. The summed E-state index contributed by atoms with van der Waals surface area (Å²) in [6.45, 7) is 12.5. The first-order valence-electron chi connectivity index (χ1n) is 13.2. The Balaban J connectivity index is 1.53. The van der Waals surface area contributed by atoms with Crippen molar-refractivity contribution in [2.45, 2.75) is 105 Å². The molecule has 30 heavy (non-hydrogen) atoms. The molecule has 0 amide bonds. The summed E-state index contributed by atoms with van der Waals surface area (Å²) in [4.78, 5) is 0. The van der Waals surface area contributed by atoms with Crippen molar-refractivity contribution in [3.05, 3.63) is 11.8 Å². The van der Waals surface area contributed by atoms with E-state index in [0.717, 1.165) is 47.7 Å². The number of rotatable bonds is 6. The summed E-state index contributed by atoms with van der Waals surface area (Å²) >= 11 is 0. The van der Waals surface area contributed by atoms with Gasteiger partial charge in [-0.3, -0.25) is 0 Å². The fourth-order valence-electron chi connectivity index (χ4n) is 9.20. The number of fused-ring (bicyclic) bond motifs is 5. The van der Waals surface area contributed by atoms with Gasteiger partial charge in [-0.2, -0.15) is 0 Å². The minimum atomic E-state index is -0.314. The van der Waals surface area contributed by atoms with Gasteiger partial charge < -0.3 is 9.84 Å². The molecule has 0 aromatic rings. The highest BCUT2D eigenvalue weighted by Crippen LogP contribution is 2.68. The van der Waals surface area contributed by atoms with Crippen LogP contribution in [-0.4, -0.2) is 18.3 Å². The van der Waals surface area contributed by atoms with Crippen molar-refractivity contribution in [1.29, 1.82) is 0 Å². The van der Waals surface area contributed by atoms with Crippen LogP contribution in [0, 0.1) is 52.3 Å². The van der Waals surface area contributed by atoms with Crippen molar-refractivity contribution >= 4 is 0 Å². The van der Waals surface area contributed by atoms with Crippen LogP contribution in [0.15, 0.2) is 11.8 Å². The smallest absolute Gasteiger partial charge is 0.101 e. The minimum absolute atomic E-state index is 0.138. The van der Waals surface area contributed by atoms with Gasteiger partial charge in [0.2, 0.25) is 0 Å². The zero-order valence-electron chi connectivity index (χ0n) is 20.6. The summed E-state index contributed by atoms with van der Waals surface area (Å²) in [5.74, 6) is 6.82. The third kappa shape index (κ3) is 3.57. The molecule has 4 aliphatic carbocycles. The molecule has 0 bridgehead atoms. The molecule has 4 aliphatic rings. The van der Waals surface area contributed by atoms with E-state index in [0.29, 0.717) is 11.3 Å². The van der Waals surface area contributed by atoms with Crippen molar-refractivity contribution in [2.24, 2.45) is 52.3 Å². The normalized spacial score (nSPS) is 46.6. The molecule has 0 aliphatic heterocycles. The quantitative estimate of drug-likeness (QED) is 0.495.